The van der Waals surface area contributed by atoms with Crippen LogP contribution in [0.4, 0.5) is 0 Å². The highest BCUT2D eigenvalue weighted by atomic mass is 16.5. The maximum Gasteiger partial charge on any atom is 0.236 e. The molecule has 0 spiro atoms. The second-order valence-corrected chi connectivity index (χ2v) is 4.72. The maximum atomic E-state index is 11.4. The lowest BCUT2D eigenvalue weighted by molar-refractivity contribution is -0.126. The first-order valence-electron chi connectivity index (χ1n) is 6.30. The van der Waals surface area contributed by atoms with Crippen LogP contribution in [-0.2, 0) is 4.79 Å². The van der Waals surface area contributed by atoms with Gasteiger partial charge in [0.1, 0.15) is 6.10 Å². The van der Waals surface area contributed by atoms with Crippen molar-refractivity contribution >= 4 is 5.91 Å². The van der Waals surface area contributed by atoms with Crippen LogP contribution >= 0.6 is 0 Å². The molecule has 2 rings (SSSR count). The predicted molar refractivity (Wildman–Crippen MR) is 67.7 cm³/mol. The highest BCUT2D eigenvalue weighted by molar-refractivity contribution is 5.77. The zero-order chi connectivity index (χ0) is 13.0. The predicted octanol–water partition coefficient (Wildman–Crippen LogP) is 1.32. The van der Waals surface area contributed by atoms with Gasteiger partial charge in [0, 0.05) is 17.7 Å². The fraction of sp³-hybridized carbons (Fsp3) is 0.538. The van der Waals surface area contributed by atoms with Crippen LogP contribution < -0.4 is 16.0 Å². The SMILES string of the molecule is Cc1cccc(OC2CCC(C(=O)NN)CC2)n1. The summed E-state index contributed by atoms with van der Waals surface area (Å²) in [5.74, 6) is 5.77. The molecule has 0 aliphatic heterocycles. The van der Waals surface area contributed by atoms with Crippen LogP contribution in [-0.4, -0.2) is 17.0 Å². The third kappa shape index (κ3) is 3.20. The van der Waals surface area contributed by atoms with Gasteiger partial charge in [-0.1, -0.05) is 6.07 Å². The zero-order valence-corrected chi connectivity index (χ0v) is 10.6. The van der Waals surface area contributed by atoms with E-state index in [1.54, 1.807) is 0 Å². The molecule has 0 saturated heterocycles. The molecule has 0 radical (unpaired) electrons. The molecule has 0 unspecified atom stereocenters. The summed E-state index contributed by atoms with van der Waals surface area (Å²) in [6.07, 6.45) is 3.53. The second-order valence-electron chi connectivity index (χ2n) is 4.72. The largest absolute Gasteiger partial charge is 0.474 e. The normalized spacial score (nSPS) is 23.4. The number of ether oxygens (including phenoxy) is 1. The lowest BCUT2D eigenvalue weighted by Gasteiger charge is -2.27. The standard InChI is InChI=1S/C13H19N3O2/c1-9-3-2-4-12(15-9)18-11-7-5-10(6-8-11)13(17)16-14/h2-4,10-11H,5-8,14H2,1H3,(H,16,17). The molecule has 1 aliphatic carbocycles. The van der Waals surface area contributed by atoms with Crippen molar-refractivity contribution in [1.82, 2.24) is 10.4 Å². The number of carbonyl (C=O) groups excluding carboxylic acids is 1. The molecule has 0 aromatic carbocycles. The van der Waals surface area contributed by atoms with E-state index in [1.165, 1.54) is 0 Å². The molecular weight excluding hydrogens is 230 g/mol. The van der Waals surface area contributed by atoms with Gasteiger partial charge < -0.3 is 4.74 Å². The average molecular weight is 249 g/mol. The Morgan fingerprint density at radius 2 is 2.11 bits per heavy atom. The van der Waals surface area contributed by atoms with E-state index in [4.69, 9.17) is 10.6 Å². The van der Waals surface area contributed by atoms with E-state index in [2.05, 4.69) is 10.4 Å². The minimum atomic E-state index is -0.0675. The number of aryl methyl sites for hydroxylation is 1. The van der Waals surface area contributed by atoms with E-state index in [-0.39, 0.29) is 17.9 Å². The van der Waals surface area contributed by atoms with Crippen LogP contribution in [0.25, 0.3) is 0 Å². The lowest BCUT2D eigenvalue weighted by atomic mass is 9.87. The first-order valence-corrected chi connectivity index (χ1v) is 6.30. The van der Waals surface area contributed by atoms with Gasteiger partial charge in [-0.05, 0) is 38.7 Å². The van der Waals surface area contributed by atoms with Gasteiger partial charge in [0.2, 0.25) is 11.8 Å². The molecule has 1 amide bonds. The molecule has 1 saturated carbocycles. The van der Waals surface area contributed by atoms with Gasteiger partial charge in [0.15, 0.2) is 0 Å². The molecule has 18 heavy (non-hydrogen) atoms. The second kappa shape index (κ2) is 5.82. The Labute approximate surface area is 107 Å². The number of aromatic nitrogens is 1. The minimum absolute atomic E-state index is 0.0281. The van der Waals surface area contributed by atoms with Crippen molar-refractivity contribution in [2.24, 2.45) is 11.8 Å². The molecule has 1 aromatic heterocycles. The topological polar surface area (TPSA) is 77.2 Å². The molecule has 1 aliphatic rings. The Kier molecular flexibility index (Phi) is 4.15. The van der Waals surface area contributed by atoms with E-state index < -0.39 is 0 Å². The summed E-state index contributed by atoms with van der Waals surface area (Å²) in [6, 6.07) is 5.74. The van der Waals surface area contributed by atoms with E-state index >= 15 is 0 Å². The minimum Gasteiger partial charge on any atom is -0.474 e. The van der Waals surface area contributed by atoms with Gasteiger partial charge in [-0.25, -0.2) is 10.8 Å². The van der Waals surface area contributed by atoms with Gasteiger partial charge >= 0.3 is 0 Å². The summed E-state index contributed by atoms with van der Waals surface area (Å²) in [4.78, 5) is 15.7. The first-order chi connectivity index (χ1) is 8.69. The maximum absolute atomic E-state index is 11.4. The van der Waals surface area contributed by atoms with Gasteiger partial charge in [0.25, 0.3) is 0 Å². The highest BCUT2D eigenvalue weighted by Crippen LogP contribution is 2.27. The Balaban J connectivity index is 1.85. The molecular formula is C13H19N3O2. The number of hydrogen-bond donors (Lipinski definition) is 2. The van der Waals surface area contributed by atoms with E-state index in [9.17, 15) is 4.79 Å². The number of amides is 1. The van der Waals surface area contributed by atoms with Gasteiger partial charge in [-0.2, -0.15) is 0 Å². The Bertz CT molecular complexity index is 414. The lowest BCUT2D eigenvalue weighted by Crippen LogP contribution is -2.38. The van der Waals surface area contributed by atoms with Crippen molar-refractivity contribution < 1.29 is 9.53 Å². The van der Waals surface area contributed by atoms with Crippen LogP contribution in [0.3, 0.4) is 0 Å². The monoisotopic (exact) mass is 249 g/mol. The average Bonchev–Trinajstić information content (AvgIpc) is 2.39. The Morgan fingerprint density at radius 3 is 2.72 bits per heavy atom. The van der Waals surface area contributed by atoms with Gasteiger partial charge in [-0.3, -0.25) is 10.2 Å². The molecule has 5 nitrogen and oxygen atoms in total. The Morgan fingerprint density at radius 1 is 1.39 bits per heavy atom. The number of nitrogens with two attached hydrogens (primary N) is 1. The molecule has 5 heteroatoms. The molecule has 0 atom stereocenters. The molecule has 1 fully saturated rings. The summed E-state index contributed by atoms with van der Waals surface area (Å²) < 4.78 is 5.82. The van der Waals surface area contributed by atoms with E-state index in [0.29, 0.717) is 5.88 Å². The van der Waals surface area contributed by atoms with Crippen LogP contribution in [0.1, 0.15) is 31.4 Å². The number of hydrogen-bond acceptors (Lipinski definition) is 4. The quantitative estimate of drug-likeness (QED) is 0.481. The summed E-state index contributed by atoms with van der Waals surface area (Å²) in [7, 11) is 0. The van der Waals surface area contributed by atoms with Gasteiger partial charge in [0.05, 0.1) is 0 Å². The summed E-state index contributed by atoms with van der Waals surface area (Å²) in [5, 5.41) is 0. The van der Waals surface area contributed by atoms with Crippen molar-refractivity contribution in [1.29, 1.82) is 0 Å². The van der Waals surface area contributed by atoms with Crippen LogP contribution in [0.2, 0.25) is 0 Å². The number of rotatable bonds is 3. The fourth-order valence-corrected chi connectivity index (χ4v) is 2.32. The third-order valence-electron chi connectivity index (χ3n) is 3.34. The fourth-order valence-electron chi connectivity index (χ4n) is 2.32. The van der Waals surface area contributed by atoms with Crippen molar-refractivity contribution in [2.75, 3.05) is 0 Å². The molecule has 0 bridgehead atoms. The molecule has 1 aromatic rings. The molecule has 1 heterocycles. The van der Waals surface area contributed by atoms with Crippen LogP contribution in [0.5, 0.6) is 5.88 Å². The highest BCUT2D eigenvalue weighted by Gasteiger charge is 2.26. The van der Waals surface area contributed by atoms with Crippen molar-refractivity contribution in [3.05, 3.63) is 23.9 Å². The van der Waals surface area contributed by atoms with E-state index in [1.807, 2.05) is 25.1 Å². The number of nitrogens with zero attached hydrogens (tertiary/aromatic N) is 1. The molecule has 98 valence electrons. The van der Waals surface area contributed by atoms with Crippen molar-refractivity contribution in [2.45, 2.75) is 38.7 Å². The zero-order valence-electron chi connectivity index (χ0n) is 10.6. The smallest absolute Gasteiger partial charge is 0.236 e. The number of hydrazine groups is 1. The number of carbonyl (C=O) groups is 1. The van der Waals surface area contributed by atoms with Crippen molar-refractivity contribution in [3.63, 3.8) is 0 Å². The number of nitrogens with one attached hydrogen (secondary N) is 1. The molecule has 3 N–H and O–H groups in total. The van der Waals surface area contributed by atoms with Crippen molar-refractivity contribution in [3.8, 4) is 5.88 Å². The third-order valence-corrected chi connectivity index (χ3v) is 3.34. The summed E-state index contributed by atoms with van der Waals surface area (Å²) in [6.45, 7) is 1.94. The summed E-state index contributed by atoms with van der Waals surface area (Å²) in [5.41, 5.74) is 3.16. The first kappa shape index (κ1) is 12.8. The number of pyridine rings is 1. The van der Waals surface area contributed by atoms with Gasteiger partial charge in [-0.15, -0.1) is 0 Å². The Hall–Kier alpha value is -1.62. The van der Waals surface area contributed by atoms with E-state index in [0.717, 1.165) is 31.4 Å². The van der Waals surface area contributed by atoms with Crippen LogP contribution in [0, 0.1) is 12.8 Å². The van der Waals surface area contributed by atoms with Crippen LogP contribution in [0.15, 0.2) is 18.2 Å². The summed E-state index contributed by atoms with van der Waals surface area (Å²) >= 11 is 0.